The van der Waals surface area contributed by atoms with Crippen LogP contribution in [-0.4, -0.2) is 31.6 Å². The molecule has 124 valence electrons. The van der Waals surface area contributed by atoms with Crippen molar-refractivity contribution in [3.8, 4) is 0 Å². The maximum atomic E-state index is 13.0. The van der Waals surface area contributed by atoms with Crippen LogP contribution in [0.1, 0.15) is 23.4 Å². The van der Waals surface area contributed by atoms with Crippen LogP contribution in [0.15, 0.2) is 23.0 Å². The molecule has 0 bridgehead atoms. The van der Waals surface area contributed by atoms with E-state index in [-0.39, 0.29) is 18.3 Å². The number of hydrogen-bond donors (Lipinski definition) is 2. The van der Waals surface area contributed by atoms with Crippen molar-refractivity contribution in [2.75, 3.05) is 0 Å². The van der Waals surface area contributed by atoms with Gasteiger partial charge in [0.25, 0.3) is 5.91 Å². The van der Waals surface area contributed by atoms with Crippen LogP contribution in [0, 0.1) is 0 Å². The number of nitrogens with zero attached hydrogens (tertiary/aromatic N) is 3. The Balaban J connectivity index is 1.69. The van der Waals surface area contributed by atoms with Gasteiger partial charge in [0.2, 0.25) is 0 Å². The zero-order chi connectivity index (χ0) is 17.1. The monoisotopic (exact) mass is 347 g/mol. The SMILES string of the molecule is Cn1nc(CN2C(=O)NC3(CCc4cc(Cl)ccc43)C2=O)[nH]c1=O. The molecular formula is C15H14ClN5O3. The summed E-state index contributed by atoms with van der Waals surface area (Å²) in [6, 6.07) is 4.83. The first-order chi connectivity index (χ1) is 11.4. The van der Waals surface area contributed by atoms with E-state index in [1.807, 2.05) is 6.07 Å². The number of halogens is 1. The minimum atomic E-state index is -1.05. The van der Waals surface area contributed by atoms with E-state index in [0.29, 0.717) is 17.9 Å². The van der Waals surface area contributed by atoms with Crippen LogP contribution >= 0.6 is 11.6 Å². The Hall–Kier alpha value is -2.61. The third-order valence-corrected chi connectivity index (χ3v) is 4.83. The molecular weight excluding hydrogens is 334 g/mol. The van der Waals surface area contributed by atoms with Gasteiger partial charge in [-0.05, 0) is 36.1 Å². The molecule has 2 aliphatic rings. The second-order valence-corrected chi connectivity index (χ2v) is 6.47. The van der Waals surface area contributed by atoms with Gasteiger partial charge in [-0.1, -0.05) is 17.7 Å². The van der Waals surface area contributed by atoms with Crippen molar-refractivity contribution in [1.29, 1.82) is 0 Å². The minimum Gasteiger partial charge on any atom is -0.319 e. The summed E-state index contributed by atoms with van der Waals surface area (Å²) >= 11 is 6.01. The fraction of sp³-hybridized carbons (Fsp3) is 0.333. The average molecular weight is 348 g/mol. The predicted octanol–water partition coefficient (Wildman–Crippen LogP) is 0.655. The van der Waals surface area contributed by atoms with Gasteiger partial charge in [0, 0.05) is 12.1 Å². The highest BCUT2D eigenvalue weighted by atomic mass is 35.5. The van der Waals surface area contributed by atoms with E-state index in [0.717, 1.165) is 20.7 Å². The molecule has 2 N–H and O–H groups in total. The molecule has 1 fully saturated rings. The Morgan fingerprint density at radius 2 is 2.12 bits per heavy atom. The number of nitrogens with one attached hydrogen (secondary N) is 2. The highest BCUT2D eigenvalue weighted by Crippen LogP contribution is 2.42. The summed E-state index contributed by atoms with van der Waals surface area (Å²) in [5, 5.41) is 7.39. The average Bonchev–Trinajstić information content (AvgIpc) is 3.12. The van der Waals surface area contributed by atoms with Crippen LogP contribution < -0.4 is 11.0 Å². The highest BCUT2D eigenvalue weighted by molar-refractivity contribution is 6.30. The quantitative estimate of drug-likeness (QED) is 0.779. The number of amides is 3. The molecule has 8 nitrogen and oxygen atoms in total. The third-order valence-electron chi connectivity index (χ3n) is 4.60. The second-order valence-electron chi connectivity index (χ2n) is 6.03. The first-order valence-electron chi connectivity index (χ1n) is 7.46. The molecule has 4 rings (SSSR count). The topological polar surface area (TPSA) is 100 Å². The Kier molecular flexibility index (Phi) is 3.08. The van der Waals surface area contributed by atoms with Crippen LogP contribution in [0.5, 0.6) is 0 Å². The number of fused-ring (bicyclic) bond motifs is 2. The van der Waals surface area contributed by atoms with Gasteiger partial charge >= 0.3 is 11.7 Å². The number of carbonyl (C=O) groups excluding carboxylic acids is 2. The molecule has 0 saturated carbocycles. The number of aromatic nitrogens is 3. The molecule has 1 atom stereocenters. The van der Waals surface area contributed by atoms with Crippen LogP contribution in [0.4, 0.5) is 4.79 Å². The molecule has 24 heavy (non-hydrogen) atoms. The molecule has 2 heterocycles. The molecule has 1 aromatic heterocycles. The Labute approximate surface area is 141 Å². The van der Waals surface area contributed by atoms with Gasteiger partial charge in [-0.2, -0.15) is 5.10 Å². The van der Waals surface area contributed by atoms with E-state index < -0.39 is 17.3 Å². The van der Waals surface area contributed by atoms with Crippen molar-refractivity contribution in [3.05, 3.63) is 50.7 Å². The smallest absolute Gasteiger partial charge is 0.319 e. The highest BCUT2D eigenvalue weighted by Gasteiger charge is 2.55. The molecule has 9 heteroatoms. The van der Waals surface area contributed by atoms with E-state index in [1.165, 1.54) is 7.05 Å². The van der Waals surface area contributed by atoms with Crippen LogP contribution in [0.3, 0.4) is 0 Å². The van der Waals surface area contributed by atoms with Gasteiger partial charge in [0.05, 0.1) is 6.54 Å². The molecule has 1 spiro atoms. The molecule has 1 aliphatic carbocycles. The summed E-state index contributed by atoms with van der Waals surface area (Å²) in [4.78, 5) is 40.4. The number of rotatable bonds is 2. The lowest BCUT2D eigenvalue weighted by Crippen LogP contribution is -2.41. The van der Waals surface area contributed by atoms with E-state index in [1.54, 1.807) is 12.1 Å². The molecule has 2 aromatic rings. The van der Waals surface area contributed by atoms with E-state index in [2.05, 4.69) is 15.4 Å². The predicted molar refractivity (Wildman–Crippen MR) is 84.4 cm³/mol. The lowest BCUT2D eigenvalue weighted by molar-refractivity contribution is -0.132. The fourth-order valence-corrected chi connectivity index (χ4v) is 3.64. The van der Waals surface area contributed by atoms with E-state index in [9.17, 15) is 14.4 Å². The number of imide groups is 1. The van der Waals surface area contributed by atoms with Crippen molar-refractivity contribution in [2.24, 2.45) is 7.05 Å². The first kappa shape index (κ1) is 14.9. The summed E-state index contributed by atoms with van der Waals surface area (Å²) in [5.41, 5.74) is 0.297. The minimum absolute atomic E-state index is 0.0780. The molecule has 1 aromatic carbocycles. The van der Waals surface area contributed by atoms with Gasteiger partial charge in [-0.25, -0.2) is 14.3 Å². The lowest BCUT2D eigenvalue weighted by atomic mass is 9.92. The second kappa shape index (κ2) is 4.94. The van der Waals surface area contributed by atoms with Crippen LogP contribution in [-0.2, 0) is 30.3 Å². The molecule has 3 amide bonds. The van der Waals surface area contributed by atoms with Crippen molar-refractivity contribution in [3.63, 3.8) is 0 Å². The molecule has 0 radical (unpaired) electrons. The van der Waals surface area contributed by atoms with Crippen LogP contribution in [0.2, 0.25) is 5.02 Å². The van der Waals surface area contributed by atoms with E-state index >= 15 is 0 Å². The standard InChI is InChI=1S/C15H14ClN5O3/c1-20-13(23)17-11(19-20)7-21-12(22)15(18-14(21)24)5-4-8-6-9(16)2-3-10(8)15/h2-3,6H,4-5,7H2,1H3,(H,18,24)(H,17,19,23). The third kappa shape index (κ3) is 1.99. The van der Waals surface area contributed by atoms with Gasteiger partial charge in [-0.3, -0.25) is 14.7 Å². The Morgan fingerprint density at radius 1 is 1.33 bits per heavy atom. The summed E-state index contributed by atoms with van der Waals surface area (Å²) in [5.74, 6) is -0.0718. The van der Waals surface area contributed by atoms with E-state index in [4.69, 9.17) is 11.6 Å². The van der Waals surface area contributed by atoms with Crippen molar-refractivity contribution >= 4 is 23.5 Å². The number of carbonyl (C=O) groups is 2. The first-order valence-corrected chi connectivity index (χ1v) is 7.84. The van der Waals surface area contributed by atoms with Gasteiger partial charge in [0.1, 0.15) is 5.54 Å². The lowest BCUT2D eigenvalue weighted by Gasteiger charge is -2.22. The fourth-order valence-electron chi connectivity index (χ4n) is 3.44. The number of aryl methyl sites for hydroxylation is 2. The summed E-state index contributed by atoms with van der Waals surface area (Å²) in [6.07, 6.45) is 1.15. The normalized spacial score (nSPS) is 22.3. The number of aromatic amines is 1. The van der Waals surface area contributed by atoms with Gasteiger partial charge in [0.15, 0.2) is 5.82 Å². The summed E-state index contributed by atoms with van der Waals surface area (Å²) < 4.78 is 1.12. The zero-order valence-corrected chi connectivity index (χ0v) is 13.6. The molecule has 1 unspecified atom stereocenters. The van der Waals surface area contributed by atoms with Crippen molar-refractivity contribution in [2.45, 2.75) is 24.9 Å². The Morgan fingerprint density at radius 3 is 2.83 bits per heavy atom. The van der Waals surface area contributed by atoms with Gasteiger partial charge in [-0.15, -0.1) is 0 Å². The summed E-state index contributed by atoms with van der Waals surface area (Å²) in [7, 11) is 1.49. The molecule has 1 saturated heterocycles. The number of benzene rings is 1. The number of H-pyrrole nitrogens is 1. The molecule has 1 aliphatic heterocycles. The van der Waals surface area contributed by atoms with Crippen molar-refractivity contribution < 1.29 is 9.59 Å². The van der Waals surface area contributed by atoms with Crippen molar-refractivity contribution in [1.82, 2.24) is 25.0 Å². The number of urea groups is 1. The zero-order valence-electron chi connectivity index (χ0n) is 12.8. The maximum Gasteiger partial charge on any atom is 0.343 e. The Bertz CT molecular complexity index is 933. The summed E-state index contributed by atoms with van der Waals surface area (Å²) in [6.45, 7) is -0.0780. The van der Waals surface area contributed by atoms with Crippen LogP contribution in [0.25, 0.3) is 0 Å². The number of hydrogen-bond acceptors (Lipinski definition) is 4. The maximum absolute atomic E-state index is 13.0. The van der Waals surface area contributed by atoms with Gasteiger partial charge < -0.3 is 5.32 Å². The largest absolute Gasteiger partial charge is 0.343 e.